The number of hydrogen-bond acceptors (Lipinski definition) is 7. The van der Waals surface area contributed by atoms with Crippen LogP contribution in [0.4, 0.5) is 21.0 Å². The highest BCUT2D eigenvalue weighted by Crippen LogP contribution is 2.35. The van der Waals surface area contributed by atoms with Crippen LogP contribution in [-0.2, 0) is 9.47 Å². The number of nitro benzene ring substituents is 1. The number of carbonyl (C=O) groups excluding carboxylic acids is 2. The number of benzene rings is 1. The summed E-state index contributed by atoms with van der Waals surface area (Å²) in [6.07, 6.45) is -2.24. The Morgan fingerprint density at radius 1 is 1.07 bits per heavy atom. The SMILES string of the molecule is Cc1cc(C#N)cc([N+](=O)[O-])c1N(C(=O)OC(C)(C)C)C(=O)OC(C)(C)C. The van der Waals surface area contributed by atoms with Gasteiger partial charge in [0.1, 0.15) is 16.9 Å². The van der Waals surface area contributed by atoms with E-state index >= 15 is 0 Å². The largest absolute Gasteiger partial charge is 0.443 e. The molecule has 9 heteroatoms. The van der Waals surface area contributed by atoms with E-state index in [9.17, 15) is 19.7 Å². The van der Waals surface area contributed by atoms with Crippen LogP contribution in [0.15, 0.2) is 12.1 Å². The zero-order valence-corrected chi connectivity index (χ0v) is 16.4. The van der Waals surface area contributed by atoms with Gasteiger partial charge in [0, 0.05) is 6.07 Å². The Morgan fingerprint density at radius 3 is 1.85 bits per heavy atom. The van der Waals surface area contributed by atoms with Crippen LogP contribution < -0.4 is 4.90 Å². The zero-order chi connectivity index (χ0) is 21.2. The quantitative estimate of drug-likeness (QED) is 0.551. The first-order chi connectivity index (χ1) is 12.2. The molecule has 0 unspecified atom stereocenters. The van der Waals surface area contributed by atoms with Crippen LogP contribution in [0.2, 0.25) is 0 Å². The number of anilines is 1. The number of ether oxygens (including phenoxy) is 2. The number of carbonyl (C=O) groups is 2. The smallest absolute Gasteiger partial charge is 0.424 e. The second-order valence-electron chi connectivity index (χ2n) is 7.83. The van der Waals surface area contributed by atoms with Crippen LogP contribution in [0.1, 0.15) is 52.7 Å². The summed E-state index contributed by atoms with van der Waals surface area (Å²) >= 11 is 0. The van der Waals surface area contributed by atoms with Crippen LogP contribution in [0, 0.1) is 28.4 Å². The molecule has 0 radical (unpaired) electrons. The van der Waals surface area contributed by atoms with Crippen molar-refractivity contribution in [3.8, 4) is 6.07 Å². The third-order valence-corrected chi connectivity index (χ3v) is 2.98. The fourth-order valence-electron chi connectivity index (χ4n) is 2.13. The van der Waals surface area contributed by atoms with E-state index < -0.39 is 34.0 Å². The van der Waals surface area contributed by atoms with Crippen molar-refractivity contribution in [1.29, 1.82) is 5.26 Å². The first-order valence-corrected chi connectivity index (χ1v) is 8.11. The highest BCUT2D eigenvalue weighted by atomic mass is 16.6. The molecule has 0 aliphatic carbocycles. The van der Waals surface area contributed by atoms with Crippen molar-refractivity contribution >= 4 is 23.6 Å². The van der Waals surface area contributed by atoms with E-state index in [1.165, 1.54) is 13.0 Å². The second-order valence-corrected chi connectivity index (χ2v) is 7.83. The van der Waals surface area contributed by atoms with Crippen molar-refractivity contribution in [1.82, 2.24) is 0 Å². The number of nitro groups is 1. The predicted molar refractivity (Wildman–Crippen MR) is 97.5 cm³/mol. The van der Waals surface area contributed by atoms with Gasteiger partial charge < -0.3 is 9.47 Å². The number of aryl methyl sites for hydroxylation is 1. The molecule has 0 aromatic heterocycles. The van der Waals surface area contributed by atoms with Crippen LogP contribution in [0.3, 0.4) is 0 Å². The Hall–Kier alpha value is -3.15. The normalized spacial score (nSPS) is 11.3. The van der Waals surface area contributed by atoms with E-state index in [1.54, 1.807) is 41.5 Å². The van der Waals surface area contributed by atoms with E-state index in [0.717, 1.165) is 6.07 Å². The number of amides is 2. The third kappa shape index (κ3) is 5.95. The van der Waals surface area contributed by atoms with E-state index in [4.69, 9.17) is 14.7 Å². The first-order valence-electron chi connectivity index (χ1n) is 8.11. The molecule has 0 atom stereocenters. The minimum absolute atomic E-state index is 0.0243. The molecular weight excluding hydrogens is 354 g/mol. The number of nitriles is 1. The second kappa shape index (κ2) is 7.61. The minimum Gasteiger partial charge on any atom is -0.443 e. The summed E-state index contributed by atoms with van der Waals surface area (Å²) < 4.78 is 10.5. The molecule has 1 rings (SSSR count). The lowest BCUT2D eigenvalue weighted by Gasteiger charge is -2.29. The van der Waals surface area contributed by atoms with E-state index in [-0.39, 0.29) is 16.8 Å². The summed E-state index contributed by atoms with van der Waals surface area (Å²) in [6, 6.07) is 4.14. The Kier molecular flexibility index (Phi) is 6.17. The summed E-state index contributed by atoms with van der Waals surface area (Å²) in [5.74, 6) is 0. The van der Waals surface area contributed by atoms with Crippen LogP contribution in [0.25, 0.3) is 0 Å². The average molecular weight is 377 g/mol. The maximum Gasteiger partial charge on any atom is 0.424 e. The Morgan fingerprint density at radius 2 is 1.52 bits per heavy atom. The van der Waals surface area contributed by atoms with Crippen LogP contribution in [-0.4, -0.2) is 28.3 Å². The van der Waals surface area contributed by atoms with Gasteiger partial charge in [-0.2, -0.15) is 10.2 Å². The van der Waals surface area contributed by atoms with E-state index in [1.807, 2.05) is 6.07 Å². The molecule has 9 nitrogen and oxygen atoms in total. The highest BCUT2D eigenvalue weighted by molar-refractivity contribution is 6.11. The fourth-order valence-corrected chi connectivity index (χ4v) is 2.13. The van der Waals surface area contributed by atoms with Crippen molar-refractivity contribution in [2.24, 2.45) is 0 Å². The maximum absolute atomic E-state index is 12.7. The monoisotopic (exact) mass is 377 g/mol. The summed E-state index contributed by atoms with van der Waals surface area (Å²) in [4.78, 5) is 36.6. The van der Waals surface area contributed by atoms with Gasteiger partial charge in [-0.3, -0.25) is 10.1 Å². The first kappa shape index (κ1) is 21.9. The van der Waals surface area contributed by atoms with Gasteiger partial charge in [0.05, 0.1) is 16.6 Å². The molecule has 0 N–H and O–H groups in total. The topological polar surface area (TPSA) is 123 Å². The van der Waals surface area contributed by atoms with Gasteiger partial charge in [-0.15, -0.1) is 0 Å². The molecule has 0 fully saturated rings. The van der Waals surface area contributed by atoms with Gasteiger partial charge in [0.15, 0.2) is 0 Å². The van der Waals surface area contributed by atoms with E-state index in [0.29, 0.717) is 4.90 Å². The van der Waals surface area contributed by atoms with Crippen molar-refractivity contribution in [3.63, 3.8) is 0 Å². The molecule has 0 bridgehead atoms. The molecule has 146 valence electrons. The molecular formula is C18H23N3O6. The third-order valence-electron chi connectivity index (χ3n) is 2.98. The van der Waals surface area contributed by atoms with Crippen LogP contribution >= 0.6 is 0 Å². The van der Waals surface area contributed by atoms with Gasteiger partial charge in [-0.05, 0) is 60.1 Å². The van der Waals surface area contributed by atoms with Gasteiger partial charge in [0.25, 0.3) is 5.69 Å². The average Bonchev–Trinajstić information content (AvgIpc) is 2.44. The lowest BCUT2D eigenvalue weighted by Crippen LogP contribution is -2.44. The molecule has 0 saturated carbocycles. The zero-order valence-electron chi connectivity index (χ0n) is 16.4. The molecule has 0 saturated heterocycles. The molecule has 1 aromatic rings. The molecule has 1 aromatic carbocycles. The summed E-state index contributed by atoms with van der Waals surface area (Å²) in [5.41, 5.74) is -2.58. The van der Waals surface area contributed by atoms with Gasteiger partial charge in [-0.25, -0.2) is 9.59 Å². The summed E-state index contributed by atoms with van der Waals surface area (Å²) in [6.45, 7) is 11.0. The number of imide groups is 1. The highest BCUT2D eigenvalue weighted by Gasteiger charge is 2.38. The van der Waals surface area contributed by atoms with Crippen molar-refractivity contribution in [3.05, 3.63) is 33.4 Å². The summed E-state index contributed by atoms with van der Waals surface area (Å²) in [7, 11) is 0. The van der Waals surface area contributed by atoms with Gasteiger partial charge >= 0.3 is 12.2 Å². The van der Waals surface area contributed by atoms with E-state index in [2.05, 4.69) is 0 Å². The molecule has 2 amide bonds. The standard InChI is InChI=1S/C18H23N3O6/c1-11-8-12(10-19)9-13(21(24)25)14(11)20(15(22)26-17(2,3)4)16(23)27-18(5,6)7/h8-9H,1-7H3. The number of rotatable bonds is 2. The van der Waals surface area contributed by atoms with Crippen LogP contribution in [0.5, 0.6) is 0 Å². The predicted octanol–water partition coefficient (Wildman–Crippen LogP) is 4.45. The Labute approximate surface area is 157 Å². The number of hydrogen-bond donors (Lipinski definition) is 0. The Bertz CT molecular complexity index is 784. The number of nitrogens with zero attached hydrogens (tertiary/aromatic N) is 3. The lowest BCUT2D eigenvalue weighted by atomic mass is 10.1. The maximum atomic E-state index is 12.7. The molecule has 27 heavy (non-hydrogen) atoms. The van der Waals surface area contributed by atoms with Crippen molar-refractivity contribution < 1.29 is 24.0 Å². The molecule has 0 aliphatic heterocycles. The molecule has 0 spiro atoms. The molecule has 0 aliphatic rings. The lowest BCUT2D eigenvalue weighted by molar-refractivity contribution is -0.384. The van der Waals surface area contributed by atoms with Crippen molar-refractivity contribution in [2.45, 2.75) is 59.7 Å². The van der Waals surface area contributed by atoms with Crippen molar-refractivity contribution in [2.75, 3.05) is 4.90 Å². The fraction of sp³-hybridized carbons (Fsp3) is 0.500. The molecule has 0 heterocycles. The van der Waals surface area contributed by atoms with Gasteiger partial charge in [0.2, 0.25) is 0 Å². The summed E-state index contributed by atoms with van der Waals surface area (Å²) in [5, 5.41) is 20.6. The van der Waals surface area contributed by atoms with Gasteiger partial charge in [-0.1, -0.05) is 0 Å². The Balaban J connectivity index is 3.65. The minimum atomic E-state index is -1.12.